The Bertz CT molecular complexity index is 876. The topological polar surface area (TPSA) is 38.1 Å². The van der Waals surface area contributed by atoms with Gasteiger partial charge in [0.15, 0.2) is 5.69 Å². The summed E-state index contributed by atoms with van der Waals surface area (Å²) in [5.74, 6) is -0.193. The summed E-state index contributed by atoms with van der Waals surface area (Å²) in [5, 5.41) is 4.44. The Balaban J connectivity index is 1.58. The van der Waals surface area contributed by atoms with Gasteiger partial charge in [-0.15, -0.1) is 0 Å². The number of likely N-dealkylation sites (tertiary alicyclic amines) is 1. The van der Waals surface area contributed by atoms with Crippen molar-refractivity contribution < 1.29 is 18.0 Å². The minimum atomic E-state index is -4.49. The summed E-state index contributed by atoms with van der Waals surface area (Å²) in [6, 6.07) is 7.30. The monoisotopic (exact) mass is 411 g/mol. The molecule has 1 aromatic carbocycles. The Labute approximate surface area is 166 Å². The first-order valence-corrected chi connectivity index (χ1v) is 9.93. The molecular formula is C20H21ClF3N3O. The molecule has 1 aliphatic heterocycles. The predicted octanol–water partition coefficient (Wildman–Crippen LogP) is 4.80. The predicted molar refractivity (Wildman–Crippen MR) is 99.0 cm³/mol. The molecule has 0 bridgehead atoms. The normalized spacial score (nSPS) is 19.7. The van der Waals surface area contributed by atoms with Crippen molar-refractivity contribution in [3.8, 4) is 0 Å². The van der Waals surface area contributed by atoms with Crippen LogP contribution in [0.15, 0.2) is 24.3 Å². The van der Waals surface area contributed by atoms with Crippen LogP contribution in [-0.4, -0.2) is 27.1 Å². The molecule has 0 spiro atoms. The standard InChI is InChI=1S/C20H21ClF3N3O/c21-14-9-7-13(8-10-14)16-6-3-11-26(16)18(28)12-27-17-5-2-1-4-15(17)19(25-27)20(22,23)24/h7-10,16H,1-6,11-12H2/t16-/m1/s1. The van der Waals surface area contributed by atoms with E-state index in [2.05, 4.69) is 5.10 Å². The molecule has 2 heterocycles. The second-order valence-corrected chi connectivity index (χ2v) is 7.87. The molecule has 0 saturated carbocycles. The molecule has 28 heavy (non-hydrogen) atoms. The Morgan fingerprint density at radius 3 is 2.57 bits per heavy atom. The van der Waals surface area contributed by atoms with Gasteiger partial charge < -0.3 is 4.90 Å². The minimum Gasteiger partial charge on any atom is -0.334 e. The van der Waals surface area contributed by atoms with Crippen molar-refractivity contribution in [1.29, 1.82) is 0 Å². The molecule has 1 atom stereocenters. The molecule has 1 aromatic heterocycles. The maximum absolute atomic E-state index is 13.4. The van der Waals surface area contributed by atoms with Crippen LogP contribution < -0.4 is 0 Å². The largest absolute Gasteiger partial charge is 0.435 e. The average Bonchev–Trinajstić information content (AvgIpc) is 3.28. The molecule has 1 fully saturated rings. The van der Waals surface area contributed by atoms with Gasteiger partial charge in [0, 0.05) is 22.8 Å². The maximum Gasteiger partial charge on any atom is 0.435 e. The number of amides is 1. The van der Waals surface area contributed by atoms with Crippen molar-refractivity contribution in [2.75, 3.05) is 6.54 Å². The molecule has 2 aromatic rings. The summed E-state index contributed by atoms with van der Waals surface area (Å²) < 4.78 is 41.4. The van der Waals surface area contributed by atoms with Crippen LogP contribution in [0.4, 0.5) is 13.2 Å². The maximum atomic E-state index is 13.4. The van der Waals surface area contributed by atoms with Crippen molar-refractivity contribution in [2.24, 2.45) is 0 Å². The Morgan fingerprint density at radius 2 is 1.86 bits per heavy atom. The lowest BCUT2D eigenvalue weighted by Gasteiger charge is -2.26. The Kier molecular flexibility index (Phi) is 5.12. The zero-order valence-corrected chi connectivity index (χ0v) is 16.1. The van der Waals surface area contributed by atoms with Crippen LogP contribution in [0, 0.1) is 0 Å². The van der Waals surface area contributed by atoms with E-state index in [1.54, 1.807) is 17.0 Å². The third-order valence-corrected chi connectivity index (χ3v) is 5.89. The van der Waals surface area contributed by atoms with E-state index < -0.39 is 11.9 Å². The quantitative estimate of drug-likeness (QED) is 0.727. The van der Waals surface area contributed by atoms with Crippen LogP contribution in [-0.2, 0) is 30.4 Å². The van der Waals surface area contributed by atoms with Crippen molar-refractivity contribution in [1.82, 2.24) is 14.7 Å². The zero-order valence-electron chi connectivity index (χ0n) is 15.3. The van der Waals surface area contributed by atoms with E-state index in [1.807, 2.05) is 12.1 Å². The van der Waals surface area contributed by atoms with Gasteiger partial charge in [0.2, 0.25) is 5.91 Å². The molecule has 4 rings (SSSR count). The third-order valence-electron chi connectivity index (χ3n) is 5.64. The molecular weight excluding hydrogens is 391 g/mol. The summed E-state index contributed by atoms with van der Waals surface area (Å²) in [6.45, 7) is 0.449. The highest BCUT2D eigenvalue weighted by Crippen LogP contribution is 2.36. The van der Waals surface area contributed by atoms with Gasteiger partial charge in [-0.05, 0) is 56.2 Å². The van der Waals surface area contributed by atoms with Crippen molar-refractivity contribution in [3.05, 3.63) is 51.8 Å². The fourth-order valence-electron chi connectivity index (χ4n) is 4.34. The molecule has 150 valence electrons. The van der Waals surface area contributed by atoms with Crippen molar-refractivity contribution >= 4 is 17.5 Å². The second-order valence-electron chi connectivity index (χ2n) is 7.43. The van der Waals surface area contributed by atoms with Gasteiger partial charge in [-0.2, -0.15) is 18.3 Å². The summed E-state index contributed by atoms with van der Waals surface area (Å²) in [5.41, 5.74) is 0.996. The number of hydrogen-bond acceptors (Lipinski definition) is 2. The lowest BCUT2D eigenvalue weighted by Crippen LogP contribution is -2.34. The van der Waals surface area contributed by atoms with Crippen LogP contribution >= 0.6 is 11.6 Å². The SMILES string of the molecule is O=C(Cn1nc(C(F)(F)F)c2c1CCCC2)N1CCC[C@@H]1c1ccc(Cl)cc1. The molecule has 1 aliphatic carbocycles. The summed E-state index contributed by atoms with van der Waals surface area (Å²) >= 11 is 5.95. The van der Waals surface area contributed by atoms with Crippen LogP contribution in [0.25, 0.3) is 0 Å². The first-order chi connectivity index (χ1) is 13.3. The smallest absolute Gasteiger partial charge is 0.334 e. The minimum absolute atomic E-state index is 0.0711. The zero-order chi connectivity index (χ0) is 19.9. The van der Waals surface area contributed by atoms with E-state index in [0.717, 1.165) is 31.2 Å². The van der Waals surface area contributed by atoms with E-state index in [1.165, 1.54) is 4.68 Å². The van der Waals surface area contributed by atoms with Gasteiger partial charge in [0.1, 0.15) is 6.54 Å². The van der Waals surface area contributed by atoms with E-state index >= 15 is 0 Å². The third kappa shape index (κ3) is 3.64. The highest BCUT2D eigenvalue weighted by molar-refractivity contribution is 6.30. The summed E-state index contributed by atoms with van der Waals surface area (Å²) in [6.07, 6.45) is -0.346. The number of alkyl halides is 3. The number of nitrogens with zero attached hydrogens (tertiary/aromatic N) is 3. The number of fused-ring (bicyclic) bond motifs is 1. The van der Waals surface area contributed by atoms with Crippen LogP contribution in [0.1, 0.15) is 54.2 Å². The summed E-state index contributed by atoms with van der Waals surface area (Å²) in [7, 11) is 0. The van der Waals surface area contributed by atoms with Crippen LogP contribution in [0.2, 0.25) is 5.02 Å². The molecule has 0 radical (unpaired) electrons. The second kappa shape index (κ2) is 7.43. The number of halogens is 4. The first-order valence-electron chi connectivity index (χ1n) is 9.55. The number of benzene rings is 1. The van der Waals surface area contributed by atoms with Gasteiger partial charge in [-0.25, -0.2) is 0 Å². The molecule has 1 saturated heterocycles. The van der Waals surface area contributed by atoms with Crippen LogP contribution in [0.5, 0.6) is 0 Å². The van der Waals surface area contributed by atoms with Gasteiger partial charge in [0.25, 0.3) is 0 Å². The lowest BCUT2D eigenvalue weighted by atomic mass is 9.95. The Hall–Kier alpha value is -2.02. The van der Waals surface area contributed by atoms with Gasteiger partial charge in [-0.3, -0.25) is 9.48 Å². The van der Waals surface area contributed by atoms with Crippen LogP contribution in [0.3, 0.4) is 0 Å². The Morgan fingerprint density at radius 1 is 1.14 bits per heavy atom. The number of carbonyl (C=O) groups is 1. The lowest BCUT2D eigenvalue weighted by molar-refractivity contribution is -0.142. The van der Waals surface area contributed by atoms with Gasteiger partial charge in [-0.1, -0.05) is 23.7 Å². The fourth-order valence-corrected chi connectivity index (χ4v) is 4.47. The van der Waals surface area contributed by atoms with E-state index in [-0.39, 0.29) is 24.1 Å². The number of aromatic nitrogens is 2. The van der Waals surface area contributed by atoms with E-state index in [0.29, 0.717) is 30.1 Å². The number of hydrogen-bond donors (Lipinski definition) is 0. The molecule has 8 heteroatoms. The van der Waals surface area contributed by atoms with E-state index in [4.69, 9.17) is 11.6 Å². The highest BCUT2D eigenvalue weighted by atomic mass is 35.5. The molecule has 2 aliphatic rings. The number of carbonyl (C=O) groups excluding carboxylic acids is 1. The fraction of sp³-hybridized carbons (Fsp3) is 0.500. The molecule has 0 unspecified atom stereocenters. The first kappa shape index (κ1) is 19.3. The van der Waals surface area contributed by atoms with Gasteiger partial charge in [0.05, 0.1) is 6.04 Å². The average molecular weight is 412 g/mol. The van der Waals surface area contributed by atoms with Gasteiger partial charge >= 0.3 is 6.18 Å². The van der Waals surface area contributed by atoms with Crippen molar-refractivity contribution in [2.45, 2.75) is 57.3 Å². The molecule has 1 amide bonds. The van der Waals surface area contributed by atoms with Crippen molar-refractivity contribution in [3.63, 3.8) is 0 Å². The molecule has 0 N–H and O–H groups in total. The number of rotatable bonds is 3. The highest BCUT2D eigenvalue weighted by Gasteiger charge is 2.40. The summed E-state index contributed by atoms with van der Waals surface area (Å²) in [4.78, 5) is 14.7. The molecule has 4 nitrogen and oxygen atoms in total. The van der Waals surface area contributed by atoms with E-state index in [9.17, 15) is 18.0 Å².